The molecular formula is C21H18Cl2N2O5S. The molecule has 0 saturated heterocycles. The number of amides is 1. The zero-order valence-electron chi connectivity index (χ0n) is 16.6. The molecule has 7 nitrogen and oxygen atoms in total. The molecule has 0 unspecified atom stereocenters. The molecule has 0 fully saturated rings. The fraction of sp³-hybridized carbons (Fsp3) is 0.190. The number of rotatable bonds is 8. The first-order valence-corrected chi connectivity index (χ1v) is 10.6. The van der Waals surface area contributed by atoms with Crippen LogP contribution in [0.5, 0.6) is 11.5 Å². The number of benzene rings is 2. The van der Waals surface area contributed by atoms with Crippen LogP contribution in [0.4, 0.5) is 5.13 Å². The van der Waals surface area contributed by atoms with E-state index in [0.29, 0.717) is 37.9 Å². The number of hydrogen-bond donors (Lipinski definition) is 1. The summed E-state index contributed by atoms with van der Waals surface area (Å²) in [5.74, 6) is 0.108. The number of aromatic nitrogens is 1. The molecule has 0 aliphatic heterocycles. The maximum atomic E-state index is 12.1. The minimum absolute atomic E-state index is 0.0655. The van der Waals surface area contributed by atoms with Crippen molar-refractivity contribution in [3.8, 4) is 22.8 Å². The van der Waals surface area contributed by atoms with Crippen molar-refractivity contribution >= 4 is 51.5 Å². The molecule has 2 aromatic carbocycles. The number of ether oxygens (including phenoxy) is 3. The summed E-state index contributed by atoms with van der Waals surface area (Å²) in [6.07, 6.45) is -0.0655. The van der Waals surface area contributed by atoms with E-state index in [1.165, 1.54) is 17.4 Å². The molecule has 1 amide bonds. The van der Waals surface area contributed by atoms with Gasteiger partial charge in [0.15, 0.2) is 23.2 Å². The first-order valence-electron chi connectivity index (χ1n) is 8.97. The Bertz CT molecular complexity index is 1100. The molecular weight excluding hydrogens is 463 g/mol. The lowest BCUT2D eigenvalue weighted by Crippen LogP contribution is -2.21. The second-order valence-corrected chi connectivity index (χ2v) is 7.93. The summed E-state index contributed by atoms with van der Waals surface area (Å²) in [4.78, 5) is 28.5. The topological polar surface area (TPSA) is 86.8 Å². The van der Waals surface area contributed by atoms with E-state index in [2.05, 4.69) is 10.3 Å². The summed E-state index contributed by atoms with van der Waals surface area (Å²) in [5.41, 5.74) is 2.03. The Morgan fingerprint density at radius 1 is 1.06 bits per heavy atom. The average molecular weight is 481 g/mol. The van der Waals surface area contributed by atoms with Gasteiger partial charge in [-0.25, -0.2) is 4.98 Å². The van der Waals surface area contributed by atoms with Gasteiger partial charge in [0.05, 0.1) is 26.3 Å². The number of nitrogens with zero attached hydrogens (tertiary/aromatic N) is 1. The van der Waals surface area contributed by atoms with Gasteiger partial charge in [-0.3, -0.25) is 14.9 Å². The first kappa shape index (κ1) is 22.9. The smallest absolute Gasteiger partial charge is 0.310 e. The second-order valence-electron chi connectivity index (χ2n) is 6.23. The van der Waals surface area contributed by atoms with Crippen molar-refractivity contribution in [2.75, 3.05) is 26.1 Å². The van der Waals surface area contributed by atoms with E-state index >= 15 is 0 Å². The van der Waals surface area contributed by atoms with Crippen LogP contribution >= 0.6 is 34.5 Å². The van der Waals surface area contributed by atoms with Crippen molar-refractivity contribution < 1.29 is 23.8 Å². The molecule has 10 heteroatoms. The van der Waals surface area contributed by atoms with E-state index in [1.807, 2.05) is 6.07 Å². The lowest BCUT2D eigenvalue weighted by molar-refractivity contribution is -0.146. The van der Waals surface area contributed by atoms with E-state index in [-0.39, 0.29) is 6.42 Å². The SMILES string of the molecule is COc1ccc(-c2csc(NC(=O)COC(=O)Cc3ccc(Cl)cc3Cl)n2)cc1OC. The van der Waals surface area contributed by atoms with Gasteiger partial charge in [-0.2, -0.15) is 0 Å². The van der Waals surface area contributed by atoms with Crippen LogP contribution < -0.4 is 14.8 Å². The number of esters is 1. The van der Waals surface area contributed by atoms with Gasteiger partial charge in [0.25, 0.3) is 5.91 Å². The lowest BCUT2D eigenvalue weighted by Gasteiger charge is -2.08. The molecule has 31 heavy (non-hydrogen) atoms. The maximum Gasteiger partial charge on any atom is 0.310 e. The number of carbonyl (C=O) groups excluding carboxylic acids is 2. The van der Waals surface area contributed by atoms with Crippen LogP contribution in [0.15, 0.2) is 41.8 Å². The summed E-state index contributed by atoms with van der Waals surface area (Å²) in [6, 6.07) is 10.2. The third kappa shape index (κ3) is 6.10. The predicted molar refractivity (Wildman–Crippen MR) is 120 cm³/mol. The molecule has 162 valence electrons. The van der Waals surface area contributed by atoms with Crippen molar-refractivity contribution in [3.05, 3.63) is 57.4 Å². The minimum atomic E-state index is -0.579. The zero-order chi connectivity index (χ0) is 22.4. The van der Waals surface area contributed by atoms with Gasteiger partial charge in [-0.15, -0.1) is 11.3 Å². The summed E-state index contributed by atoms with van der Waals surface area (Å²) < 4.78 is 15.5. The van der Waals surface area contributed by atoms with Crippen LogP contribution in [-0.4, -0.2) is 37.7 Å². The number of nitrogens with one attached hydrogen (secondary N) is 1. The Labute approximate surface area is 192 Å². The largest absolute Gasteiger partial charge is 0.493 e. The summed E-state index contributed by atoms with van der Waals surface area (Å²) >= 11 is 13.1. The Morgan fingerprint density at radius 2 is 1.84 bits per heavy atom. The summed E-state index contributed by atoms with van der Waals surface area (Å²) in [5, 5.41) is 5.62. The molecule has 0 saturated carbocycles. The molecule has 1 heterocycles. The van der Waals surface area contributed by atoms with Gasteiger partial charge < -0.3 is 14.2 Å². The monoisotopic (exact) mass is 480 g/mol. The molecule has 3 rings (SSSR count). The van der Waals surface area contributed by atoms with Crippen molar-refractivity contribution in [1.29, 1.82) is 0 Å². The molecule has 3 aromatic rings. The molecule has 0 spiro atoms. The van der Waals surface area contributed by atoms with Crippen molar-refractivity contribution in [1.82, 2.24) is 4.98 Å². The number of anilines is 1. The van der Waals surface area contributed by atoms with Crippen LogP contribution in [0.3, 0.4) is 0 Å². The van der Waals surface area contributed by atoms with E-state index < -0.39 is 18.5 Å². The standard InChI is InChI=1S/C21H18Cl2N2O5S/c1-28-17-6-4-13(7-18(17)29-2)16-11-31-21(24-16)25-19(26)10-30-20(27)8-12-3-5-14(22)9-15(12)23/h3-7,9,11H,8,10H2,1-2H3,(H,24,25,26). The number of methoxy groups -OCH3 is 2. The first-order chi connectivity index (χ1) is 14.9. The molecule has 1 N–H and O–H groups in total. The fourth-order valence-electron chi connectivity index (χ4n) is 2.63. The highest BCUT2D eigenvalue weighted by molar-refractivity contribution is 7.14. The zero-order valence-corrected chi connectivity index (χ0v) is 18.9. The highest BCUT2D eigenvalue weighted by Crippen LogP contribution is 2.33. The molecule has 0 aliphatic carbocycles. The predicted octanol–water partition coefficient (Wildman–Crippen LogP) is 4.86. The normalized spacial score (nSPS) is 10.5. The van der Waals surface area contributed by atoms with Crippen molar-refractivity contribution in [2.45, 2.75) is 6.42 Å². The van der Waals surface area contributed by atoms with Gasteiger partial charge >= 0.3 is 5.97 Å². The van der Waals surface area contributed by atoms with Crippen LogP contribution in [0.2, 0.25) is 10.0 Å². The number of thiazole rings is 1. The van der Waals surface area contributed by atoms with Gasteiger partial charge in [-0.05, 0) is 35.9 Å². The van der Waals surface area contributed by atoms with Crippen LogP contribution in [0, 0.1) is 0 Å². The van der Waals surface area contributed by atoms with Gasteiger partial charge in [0.1, 0.15) is 0 Å². The third-order valence-corrected chi connectivity index (χ3v) is 5.49. The maximum absolute atomic E-state index is 12.1. The van der Waals surface area contributed by atoms with Gasteiger partial charge in [-0.1, -0.05) is 29.3 Å². The van der Waals surface area contributed by atoms with E-state index in [1.54, 1.807) is 43.9 Å². The van der Waals surface area contributed by atoms with Gasteiger partial charge in [0, 0.05) is 21.0 Å². The lowest BCUT2D eigenvalue weighted by atomic mass is 10.1. The molecule has 0 bridgehead atoms. The summed E-state index contributed by atoms with van der Waals surface area (Å²) in [6.45, 7) is -0.435. The average Bonchev–Trinajstić information content (AvgIpc) is 3.22. The highest BCUT2D eigenvalue weighted by Gasteiger charge is 2.14. The number of halogens is 2. The van der Waals surface area contributed by atoms with Gasteiger partial charge in [0.2, 0.25) is 0 Å². The van der Waals surface area contributed by atoms with E-state index in [4.69, 9.17) is 37.4 Å². The molecule has 0 aliphatic rings. The van der Waals surface area contributed by atoms with E-state index in [9.17, 15) is 9.59 Å². The fourth-order valence-corrected chi connectivity index (χ4v) is 3.84. The molecule has 0 radical (unpaired) electrons. The minimum Gasteiger partial charge on any atom is -0.493 e. The Kier molecular flexibility index (Phi) is 7.73. The van der Waals surface area contributed by atoms with Crippen LogP contribution in [0.1, 0.15) is 5.56 Å². The Balaban J connectivity index is 1.54. The molecule has 0 atom stereocenters. The highest BCUT2D eigenvalue weighted by atomic mass is 35.5. The summed E-state index contributed by atoms with van der Waals surface area (Å²) in [7, 11) is 3.11. The van der Waals surface area contributed by atoms with Crippen LogP contribution in [-0.2, 0) is 20.7 Å². The molecule has 1 aromatic heterocycles. The number of carbonyl (C=O) groups is 2. The van der Waals surface area contributed by atoms with Crippen molar-refractivity contribution in [3.63, 3.8) is 0 Å². The van der Waals surface area contributed by atoms with Crippen molar-refractivity contribution in [2.24, 2.45) is 0 Å². The Hall–Kier alpha value is -2.81. The van der Waals surface area contributed by atoms with E-state index in [0.717, 1.165) is 5.56 Å². The number of hydrogen-bond acceptors (Lipinski definition) is 7. The Morgan fingerprint density at radius 3 is 2.55 bits per heavy atom. The quantitative estimate of drug-likeness (QED) is 0.463. The third-order valence-electron chi connectivity index (χ3n) is 4.14. The second kappa shape index (κ2) is 10.5. The van der Waals surface area contributed by atoms with Crippen LogP contribution in [0.25, 0.3) is 11.3 Å².